The number of amides is 2. The number of nitrogens with zero attached hydrogens (tertiary/aromatic N) is 3. The lowest BCUT2D eigenvalue weighted by Gasteiger charge is -2.27. The van der Waals surface area contributed by atoms with E-state index in [1.54, 1.807) is 35.6 Å². The molecule has 5 rings (SSSR count). The number of hydrogen-bond donors (Lipinski definition) is 2. The summed E-state index contributed by atoms with van der Waals surface area (Å²) in [6.45, 7) is 2.53. The topological polar surface area (TPSA) is 70.2 Å². The lowest BCUT2D eigenvalue weighted by atomic mass is 10.1. The van der Waals surface area contributed by atoms with Crippen molar-refractivity contribution < 1.29 is 18.0 Å². The van der Waals surface area contributed by atoms with Gasteiger partial charge >= 0.3 is 12.2 Å². The molecule has 10 heteroatoms. The molecule has 0 saturated carbocycles. The highest BCUT2D eigenvalue weighted by molar-refractivity contribution is 7.08. The number of urea groups is 1. The third kappa shape index (κ3) is 4.90. The van der Waals surface area contributed by atoms with Gasteiger partial charge in [0.05, 0.1) is 22.6 Å². The van der Waals surface area contributed by atoms with Gasteiger partial charge in [-0.15, -0.1) is 0 Å². The molecule has 0 radical (unpaired) electrons. The van der Waals surface area contributed by atoms with E-state index in [1.807, 2.05) is 35.9 Å². The molecule has 1 aliphatic rings. The Morgan fingerprint density at radius 3 is 2.64 bits per heavy atom. The first-order valence-electron chi connectivity index (χ1n) is 11.3. The Balaban J connectivity index is 1.48. The number of carbonyl (C=O) groups is 1. The number of aromatic nitrogens is 2. The van der Waals surface area contributed by atoms with Gasteiger partial charge < -0.3 is 5.32 Å². The van der Waals surface area contributed by atoms with Gasteiger partial charge in [0.25, 0.3) is 0 Å². The SMILES string of the molecule is C[C@@H]1CCNc2ccc(-c3cccc(C(F)(F)F)c3)nc2N1C(=O)Nc1cccc(-c2ccsc2)n1. The van der Waals surface area contributed by atoms with Crippen LogP contribution in [0.3, 0.4) is 0 Å². The van der Waals surface area contributed by atoms with Crippen molar-refractivity contribution in [2.24, 2.45) is 0 Å². The first-order valence-corrected chi connectivity index (χ1v) is 12.3. The van der Waals surface area contributed by atoms with Crippen LogP contribution in [-0.4, -0.2) is 28.6 Å². The number of anilines is 3. The van der Waals surface area contributed by atoms with Gasteiger partial charge in [-0.1, -0.05) is 18.2 Å². The Hall–Kier alpha value is -3.92. The number of halogens is 3. The summed E-state index contributed by atoms with van der Waals surface area (Å²) in [7, 11) is 0. The number of carbonyl (C=O) groups excluding carboxylic acids is 1. The molecule has 2 N–H and O–H groups in total. The highest BCUT2D eigenvalue weighted by Crippen LogP contribution is 2.35. The van der Waals surface area contributed by atoms with Crippen LogP contribution in [0.5, 0.6) is 0 Å². The van der Waals surface area contributed by atoms with Gasteiger partial charge in [0.15, 0.2) is 5.82 Å². The van der Waals surface area contributed by atoms with Crippen LogP contribution in [0.25, 0.3) is 22.5 Å². The van der Waals surface area contributed by atoms with Gasteiger partial charge in [0.1, 0.15) is 5.82 Å². The standard InChI is InChI=1S/C26H22F3N5OS/c1-16-10-12-30-22-9-8-21(17-4-2-5-19(14-17)26(27,28)29)32-24(22)34(16)25(35)33-23-7-3-6-20(31-23)18-11-13-36-15-18/h2-9,11,13-16,30H,10,12H2,1H3,(H,31,33,35)/t16-/m1/s1. The molecule has 2 amide bonds. The number of thiophene rings is 1. The van der Waals surface area contributed by atoms with Crippen molar-refractivity contribution >= 4 is 34.7 Å². The van der Waals surface area contributed by atoms with E-state index in [-0.39, 0.29) is 6.04 Å². The lowest BCUT2D eigenvalue weighted by molar-refractivity contribution is -0.137. The predicted molar refractivity (Wildman–Crippen MR) is 136 cm³/mol. The van der Waals surface area contributed by atoms with Crippen molar-refractivity contribution in [2.45, 2.75) is 25.6 Å². The molecule has 6 nitrogen and oxygen atoms in total. The number of hydrogen-bond acceptors (Lipinski definition) is 5. The summed E-state index contributed by atoms with van der Waals surface area (Å²) in [5.41, 5.74) is 2.23. The van der Waals surface area contributed by atoms with Crippen molar-refractivity contribution in [3.63, 3.8) is 0 Å². The zero-order valence-electron chi connectivity index (χ0n) is 19.2. The summed E-state index contributed by atoms with van der Waals surface area (Å²) in [5, 5.41) is 10.1. The van der Waals surface area contributed by atoms with E-state index in [1.165, 1.54) is 11.0 Å². The molecule has 1 aromatic carbocycles. The molecular formula is C26H22F3N5OS. The van der Waals surface area contributed by atoms with Gasteiger partial charge in [0.2, 0.25) is 0 Å². The van der Waals surface area contributed by atoms with Crippen LogP contribution in [-0.2, 0) is 6.18 Å². The molecule has 1 atom stereocenters. The third-order valence-corrected chi connectivity index (χ3v) is 6.61. The van der Waals surface area contributed by atoms with E-state index in [9.17, 15) is 18.0 Å². The summed E-state index contributed by atoms with van der Waals surface area (Å²) < 4.78 is 39.8. The van der Waals surface area contributed by atoms with Crippen LogP contribution in [0.2, 0.25) is 0 Å². The maximum atomic E-state index is 13.5. The van der Waals surface area contributed by atoms with Crippen molar-refractivity contribution in [1.82, 2.24) is 9.97 Å². The maximum absolute atomic E-state index is 13.5. The first kappa shape index (κ1) is 23.8. The molecule has 0 aliphatic carbocycles. The van der Waals surface area contributed by atoms with Crippen LogP contribution >= 0.6 is 11.3 Å². The second-order valence-electron chi connectivity index (χ2n) is 8.43. The van der Waals surface area contributed by atoms with Gasteiger partial charge in [-0.25, -0.2) is 14.8 Å². The normalized spacial score (nSPS) is 15.6. The number of rotatable bonds is 3. The molecular weight excluding hydrogens is 487 g/mol. The Kier molecular flexibility index (Phi) is 6.36. The number of alkyl halides is 3. The minimum Gasteiger partial charge on any atom is -0.382 e. The molecule has 0 saturated heterocycles. The van der Waals surface area contributed by atoms with Crippen LogP contribution in [0.4, 0.5) is 35.3 Å². The smallest absolute Gasteiger partial charge is 0.382 e. The summed E-state index contributed by atoms with van der Waals surface area (Å²) >= 11 is 1.56. The zero-order chi connectivity index (χ0) is 25.3. The lowest BCUT2D eigenvalue weighted by Crippen LogP contribution is -2.42. The summed E-state index contributed by atoms with van der Waals surface area (Å²) in [6.07, 6.45) is -3.81. The molecule has 4 aromatic rings. The minimum absolute atomic E-state index is 0.219. The zero-order valence-corrected chi connectivity index (χ0v) is 20.0. The van der Waals surface area contributed by atoms with Crippen LogP contribution in [0.1, 0.15) is 18.9 Å². The molecule has 1 aliphatic heterocycles. The maximum Gasteiger partial charge on any atom is 0.416 e. The average Bonchev–Trinajstić information content (AvgIpc) is 3.34. The largest absolute Gasteiger partial charge is 0.416 e. The number of benzene rings is 1. The van der Waals surface area contributed by atoms with E-state index in [0.717, 1.165) is 23.4 Å². The van der Waals surface area contributed by atoms with Crippen molar-refractivity contribution in [3.05, 3.63) is 77.0 Å². The van der Waals surface area contributed by atoms with Crippen LogP contribution < -0.4 is 15.5 Å². The second kappa shape index (κ2) is 9.62. The first-order chi connectivity index (χ1) is 17.3. The average molecular weight is 510 g/mol. The van der Waals surface area contributed by atoms with Crippen molar-refractivity contribution in [2.75, 3.05) is 22.1 Å². The second-order valence-corrected chi connectivity index (χ2v) is 9.21. The highest BCUT2D eigenvalue weighted by atomic mass is 32.1. The van der Waals surface area contributed by atoms with Crippen LogP contribution in [0, 0.1) is 0 Å². The minimum atomic E-state index is -4.46. The fourth-order valence-corrected chi connectivity index (χ4v) is 4.73. The van der Waals surface area contributed by atoms with E-state index in [2.05, 4.69) is 20.6 Å². The van der Waals surface area contributed by atoms with Crippen molar-refractivity contribution in [3.8, 4) is 22.5 Å². The van der Waals surface area contributed by atoms with Gasteiger partial charge in [0, 0.05) is 29.1 Å². The summed E-state index contributed by atoms with van der Waals surface area (Å²) in [4.78, 5) is 24.2. The summed E-state index contributed by atoms with van der Waals surface area (Å²) in [6, 6.07) is 15.1. The quantitative estimate of drug-likeness (QED) is 0.308. The number of fused-ring (bicyclic) bond motifs is 1. The fraction of sp³-hybridized carbons (Fsp3) is 0.192. The van der Waals surface area contributed by atoms with Crippen molar-refractivity contribution in [1.29, 1.82) is 0 Å². The summed E-state index contributed by atoms with van der Waals surface area (Å²) in [5.74, 6) is 0.741. The molecule has 3 aromatic heterocycles. The van der Waals surface area contributed by atoms with Crippen LogP contribution in [0.15, 0.2) is 71.4 Å². The fourth-order valence-electron chi connectivity index (χ4n) is 4.08. The Bertz CT molecular complexity index is 1390. The Morgan fingerprint density at radius 1 is 1.06 bits per heavy atom. The molecule has 36 heavy (non-hydrogen) atoms. The van der Waals surface area contributed by atoms with Gasteiger partial charge in [-0.2, -0.15) is 24.5 Å². The molecule has 184 valence electrons. The monoisotopic (exact) mass is 509 g/mol. The van der Waals surface area contributed by atoms with Gasteiger partial charge in [-0.05, 0) is 61.2 Å². The van der Waals surface area contributed by atoms with E-state index < -0.39 is 17.8 Å². The third-order valence-electron chi connectivity index (χ3n) is 5.93. The molecule has 0 unspecified atom stereocenters. The molecule has 0 fully saturated rings. The highest BCUT2D eigenvalue weighted by Gasteiger charge is 2.31. The molecule has 0 bridgehead atoms. The molecule has 4 heterocycles. The predicted octanol–water partition coefficient (Wildman–Crippen LogP) is 7.13. The van der Waals surface area contributed by atoms with E-state index in [0.29, 0.717) is 41.5 Å². The number of pyridine rings is 2. The van der Waals surface area contributed by atoms with E-state index >= 15 is 0 Å². The Labute approximate surface area is 209 Å². The Morgan fingerprint density at radius 2 is 1.86 bits per heavy atom. The van der Waals surface area contributed by atoms with E-state index in [4.69, 9.17) is 0 Å². The molecule has 0 spiro atoms. The number of nitrogens with one attached hydrogen (secondary N) is 2. The van der Waals surface area contributed by atoms with Gasteiger partial charge in [-0.3, -0.25) is 10.2 Å².